The van der Waals surface area contributed by atoms with Gasteiger partial charge in [-0.05, 0) is 0 Å². The van der Waals surface area contributed by atoms with Crippen LogP contribution in [0.25, 0.3) is 0 Å². The molecule has 0 heterocycles. The van der Waals surface area contributed by atoms with Crippen LogP contribution in [-0.4, -0.2) is 122 Å². The van der Waals surface area contributed by atoms with Crippen molar-refractivity contribution in [1.29, 1.82) is 0 Å². The SMILES string of the molecule is [Ba+2].[Cd].[H-].[H-].[H-].[H-].[PbH2].[Sr+2]. The number of hydrogen-bond acceptors (Lipinski definition) is 0. The molecule has 2 radical (unpaired) electrons. The van der Waals surface area contributed by atoms with Crippen LogP contribution >= 0.6 is 0 Å². The van der Waals surface area contributed by atoms with Gasteiger partial charge < -0.3 is 5.71 Å². The number of hydrogen-bond donors (Lipinski definition) is 0. The normalized spacial score (nSPS) is 0. The average molecular weight is 551 g/mol. The van der Waals surface area contributed by atoms with Gasteiger partial charge in [-0.1, -0.05) is 0 Å². The van der Waals surface area contributed by atoms with E-state index in [-0.39, 0.29) is 155 Å². The van der Waals surface area contributed by atoms with Gasteiger partial charge in [0.25, 0.3) is 0 Å². The van der Waals surface area contributed by atoms with Gasteiger partial charge in [0.15, 0.2) is 0 Å². The second-order valence-corrected chi connectivity index (χ2v) is 0. The molecule has 0 spiro atoms. The predicted octanol–water partition coefficient (Wildman–Crippen LogP) is -1.23. The Balaban J connectivity index is 0. The van der Waals surface area contributed by atoms with E-state index in [1.54, 1.807) is 0 Å². The van der Waals surface area contributed by atoms with Crippen LogP contribution in [0.2, 0.25) is 0 Å². The van der Waals surface area contributed by atoms with Crippen LogP contribution in [-0.2, 0) is 27.3 Å². The summed E-state index contributed by atoms with van der Waals surface area (Å²) in [6, 6.07) is 0. The third-order valence-electron chi connectivity index (χ3n) is 0. The molecule has 16 valence electrons. The zero-order chi connectivity index (χ0) is 0. The van der Waals surface area contributed by atoms with Gasteiger partial charge in [-0.3, -0.25) is 0 Å². The Labute approximate surface area is 150 Å². The molecular formula is H6BaCdPbSr. The minimum Gasteiger partial charge on any atom is 2.00 e. The topological polar surface area (TPSA) is 0 Å². The van der Waals surface area contributed by atoms with Crippen molar-refractivity contribution in [3.8, 4) is 0 Å². The summed E-state index contributed by atoms with van der Waals surface area (Å²) >= 11 is 0. The molecule has 0 atom stereocenters. The summed E-state index contributed by atoms with van der Waals surface area (Å²) in [6.45, 7) is 0. The fraction of sp³-hybridized carbons (Fsp3) is 0. The Morgan fingerprint density at radius 1 is 1.25 bits per heavy atom. The first-order valence-corrected chi connectivity index (χ1v) is 0. The van der Waals surface area contributed by atoms with Crippen LogP contribution < -0.4 is 0 Å². The van der Waals surface area contributed by atoms with Crippen molar-refractivity contribution in [3.05, 3.63) is 0 Å². The Hall–Kier alpha value is 4.90. The zero-order valence-corrected chi connectivity index (χ0v) is 20.3. The Bertz CT molecular complexity index is 16.0. The standard InChI is InChI=1S/Ba.Cd.Pb.Sr.6H/q+2;;;+2;;;4*-1. The Morgan fingerprint density at radius 2 is 1.25 bits per heavy atom. The van der Waals surface area contributed by atoms with Crippen LogP contribution in [0, 0.1) is 0 Å². The largest absolute Gasteiger partial charge is 2.00 e. The van der Waals surface area contributed by atoms with Crippen molar-refractivity contribution < 1.29 is 33.0 Å². The van der Waals surface area contributed by atoms with Crippen molar-refractivity contribution in [2.75, 3.05) is 0 Å². The van der Waals surface area contributed by atoms with Crippen LogP contribution in [0.4, 0.5) is 0 Å². The van der Waals surface area contributed by atoms with Gasteiger partial charge in [-0.25, -0.2) is 0 Å². The monoisotopic (exact) mass is 554 g/mol. The van der Waals surface area contributed by atoms with E-state index in [0.29, 0.717) is 0 Å². The molecule has 0 saturated heterocycles. The molecule has 0 fully saturated rings. The second kappa shape index (κ2) is 15.7. The van der Waals surface area contributed by atoms with E-state index in [0.717, 1.165) is 0 Å². The van der Waals surface area contributed by atoms with Gasteiger partial charge in [-0.15, -0.1) is 0 Å². The Kier molecular flexibility index (Phi) is 90.6. The first kappa shape index (κ1) is 23.1. The summed E-state index contributed by atoms with van der Waals surface area (Å²) in [7, 11) is 0. The van der Waals surface area contributed by atoms with Crippen molar-refractivity contribution in [2.45, 2.75) is 0 Å². The predicted molar refractivity (Wildman–Crippen MR) is 24.5 cm³/mol. The molecule has 0 nitrogen and oxygen atoms in total. The molecule has 0 unspecified atom stereocenters. The van der Waals surface area contributed by atoms with E-state index in [2.05, 4.69) is 0 Å². The minimum absolute atomic E-state index is 0. The first-order chi connectivity index (χ1) is 0. The maximum absolute atomic E-state index is 0. The summed E-state index contributed by atoms with van der Waals surface area (Å²) < 4.78 is 0. The maximum atomic E-state index is 0. The van der Waals surface area contributed by atoms with Crippen molar-refractivity contribution in [3.63, 3.8) is 0 Å². The molecule has 0 aromatic heterocycles. The third-order valence-corrected chi connectivity index (χ3v) is 0. The molecule has 0 aliphatic heterocycles. The summed E-state index contributed by atoms with van der Waals surface area (Å²) in [6.07, 6.45) is 0. The summed E-state index contributed by atoms with van der Waals surface area (Å²) in [5, 5.41) is 0. The summed E-state index contributed by atoms with van der Waals surface area (Å²) in [5.41, 5.74) is 0. The van der Waals surface area contributed by atoms with E-state index >= 15 is 0 Å². The van der Waals surface area contributed by atoms with Gasteiger partial charge in [0.1, 0.15) is 0 Å². The van der Waals surface area contributed by atoms with Crippen LogP contribution in [0.1, 0.15) is 5.71 Å². The fourth-order valence-corrected chi connectivity index (χ4v) is 0. The van der Waals surface area contributed by atoms with Crippen molar-refractivity contribution in [1.82, 2.24) is 0 Å². The quantitative estimate of drug-likeness (QED) is 0.332. The van der Waals surface area contributed by atoms with Crippen LogP contribution in [0.15, 0.2) is 0 Å². The molecule has 0 N–H and O–H groups in total. The molecule has 0 aliphatic carbocycles. The van der Waals surface area contributed by atoms with Gasteiger partial charge in [0, 0.05) is 27.3 Å². The molecule has 0 aromatic rings. The van der Waals surface area contributed by atoms with Crippen molar-refractivity contribution >= 4 is 122 Å². The Morgan fingerprint density at radius 3 is 1.25 bits per heavy atom. The molecule has 0 rings (SSSR count). The van der Waals surface area contributed by atoms with Gasteiger partial charge in [0.05, 0.1) is 0 Å². The second-order valence-electron chi connectivity index (χ2n) is 0. The molecule has 0 amide bonds. The van der Waals surface area contributed by atoms with E-state index in [9.17, 15) is 0 Å². The van der Waals surface area contributed by atoms with E-state index in [1.165, 1.54) is 0 Å². The first-order valence-electron chi connectivity index (χ1n) is 0. The van der Waals surface area contributed by atoms with Crippen molar-refractivity contribution in [2.24, 2.45) is 0 Å². The van der Waals surface area contributed by atoms with Gasteiger partial charge in [-0.2, -0.15) is 0 Å². The average Bonchev–Trinajstić information content (AvgIpc) is 0. The zero-order valence-electron chi connectivity index (χ0n) is 6.83. The van der Waals surface area contributed by atoms with E-state index in [1.807, 2.05) is 0 Å². The van der Waals surface area contributed by atoms with Crippen LogP contribution in [0.3, 0.4) is 0 Å². The molecular weight excluding hydrogens is 545 g/mol. The molecule has 0 bridgehead atoms. The molecule has 0 aliphatic rings. The van der Waals surface area contributed by atoms with Gasteiger partial charge in [0.2, 0.25) is 0 Å². The van der Waals surface area contributed by atoms with Crippen LogP contribution in [0.5, 0.6) is 0 Å². The molecule has 0 aromatic carbocycles. The number of rotatable bonds is 0. The summed E-state index contributed by atoms with van der Waals surface area (Å²) in [4.78, 5) is 0. The third kappa shape index (κ3) is 10.0. The van der Waals surface area contributed by atoms with E-state index < -0.39 is 0 Å². The minimum atomic E-state index is 0. The molecule has 0 saturated carbocycles. The summed E-state index contributed by atoms with van der Waals surface area (Å²) in [5.74, 6) is 0. The molecule has 4 heavy (non-hydrogen) atoms. The maximum Gasteiger partial charge on any atom is 2.00 e. The fourth-order valence-electron chi connectivity index (χ4n) is 0. The molecule has 4 heteroatoms. The van der Waals surface area contributed by atoms with E-state index in [4.69, 9.17) is 0 Å². The van der Waals surface area contributed by atoms with Gasteiger partial charge >= 0.3 is 122 Å². The smallest absolute Gasteiger partial charge is 2.00 e.